The van der Waals surface area contributed by atoms with Gasteiger partial charge in [0.2, 0.25) is 0 Å². The smallest absolute Gasteiger partial charge is 0.338 e. The van der Waals surface area contributed by atoms with E-state index in [-0.39, 0.29) is 10.6 Å². The van der Waals surface area contributed by atoms with Gasteiger partial charge in [0.1, 0.15) is 0 Å². The summed E-state index contributed by atoms with van der Waals surface area (Å²) in [4.78, 5) is 14.5. The maximum absolute atomic E-state index is 10.7. The summed E-state index contributed by atoms with van der Waals surface area (Å²) in [6, 6.07) is 0. The Morgan fingerprint density at radius 3 is 2.86 bits per heavy atom. The molecule has 0 atom stereocenters. The molecule has 0 unspecified atom stereocenters. The molecule has 0 aliphatic rings. The Morgan fingerprint density at radius 1 is 1.50 bits per heavy atom. The number of nitrogens with zero attached hydrogens (tertiary/aromatic N) is 3. The van der Waals surface area contributed by atoms with Crippen molar-refractivity contribution in [3.05, 3.63) is 23.0 Å². The molecular weight excluding hydrogens is 229 g/mol. The number of aromatic carboxylic acids is 1. The van der Waals surface area contributed by atoms with Crippen LogP contribution < -0.4 is 0 Å². The summed E-state index contributed by atoms with van der Waals surface area (Å²) >= 11 is 11.4. The highest BCUT2D eigenvalue weighted by atomic mass is 35.5. The zero-order chi connectivity index (χ0) is 10.3. The lowest BCUT2D eigenvalue weighted by molar-refractivity contribution is 0.0697. The molecule has 2 heterocycles. The lowest BCUT2D eigenvalue weighted by Gasteiger charge is -1.98. The molecule has 0 saturated heterocycles. The van der Waals surface area contributed by atoms with Gasteiger partial charge in [0.15, 0.2) is 5.65 Å². The first-order valence-corrected chi connectivity index (χ1v) is 4.24. The normalized spacial score (nSPS) is 10.7. The van der Waals surface area contributed by atoms with Gasteiger partial charge in [-0.3, -0.25) is 0 Å². The first kappa shape index (κ1) is 9.23. The van der Waals surface area contributed by atoms with E-state index in [1.54, 1.807) is 0 Å². The third-order valence-corrected chi connectivity index (χ3v) is 2.38. The number of pyridine rings is 1. The van der Waals surface area contributed by atoms with E-state index in [9.17, 15) is 4.79 Å². The Balaban J connectivity index is 2.82. The maximum atomic E-state index is 10.7. The van der Waals surface area contributed by atoms with Crippen LogP contribution in [0.15, 0.2) is 12.4 Å². The largest absolute Gasteiger partial charge is 0.478 e. The average molecular weight is 232 g/mol. The number of hydrogen-bond acceptors (Lipinski definition) is 3. The van der Waals surface area contributed by atoms with Gasteiger partial charge in [0, 0.05) is 18.0 Å². The highest BCUT2D eigenvalue weighted by molar-refractivity contribution is 6.38. The Bertz CT molecular complexity index is 523. The van der Waals surface area contributed by atoms with Crippen molar-refractivity contribution in [3.63, 3.8) is 0 Å². The molecule has 0 radical (unpaired) electrons. The van der Waals surface area contributed by atoms with Gasteiger partial charge in [-0.1, -0.05) is 11.6 Å². The van der Waals surface area contributed by atoms with Gasteiger partial charge in [0.05, 0.1) is 22.2 Å². The lowest BCUT2D eigenvalue weighted by Crippen LogP contribution is -1.99. The molecule has 1 N–H and O–H groups in total. The molecule has 14 heavy (non-hydrogen) atoms. The summed E-state index contributed by atoms with van der Waals surface area (Å²) in [6.45, 7) is 0. The summed E-state index contributed by atoms with van der Waals surface area (Å²) in [5.74, 6) is -1.13. The van der Waals surface area contributed by atoms with Crippen LogP contribution in [0.25, 0.3) is 11.0 Å². The van der Waals surface area contributed by atoms with E-state index < -0.39 is 5.97 Å². The minimum absolute atomic E-state index is 0.0659. The quantitative estimate of drug-likeness (QED) is 0.813. The molecule has 0 spiro atoms. The van der Waals surface area contributed by atoms with Gasteiger partial charge in [-0.05, 0) is 0 Å². The Hall–Kier alpha value is -1.33. The van der Waals surface area contributed by atoms with Gasteiger partial charge in [-0.25, -0.2) is 9.78 Å². The first-order chi connectivity index (χ1) is 6.61. The van der Waals surface area contributed by atoms with Gasteiger partial charge in [0.25, 0.3) is 0 Å². The van der Waals surface area contributed by atoms with Crippen LogP contribution in [-0.4, -0.2) is 25.4 Å². The predicted molar refractivity (Wildman–Crippen MR) is 50.7 cm³/mol. The van der Waals surface area contributed by atoms with E-state index in [0.29, 0.717) is 11.0 Å². The van der Waals surface area contributed by atoms with Gasteiger partial charge < -0.3 is 5.11 Å². The minimum Gasteiger partial charge on any atom is -0.478 e. The van der Waals surface area contributed by atoms with E-state index >= 15 is 0 Å². The molecule has 0 aromatic carbocycles. The summed E-state index contributed by atoms with van der Waals surface area (Å²) in [5, 5.41) is 13.0. The number of hydrogen-bond donors (Lipinski definition) is 1. The lowest BCUT2D eigenvalue weighted by atomic mass is 10.2. The molecule has 0 fully saturated rings. The number of fused-ring (bicyclic) bond motifs is 1. The van der Waals surface area contributed by atoms with E-state index in [2.05, 4.69) is 10.1 Å². The third kappa shape index (κ3) is 1.21. The maximum Gasteiger partial charge on any atom is 0.338 e. The molecule has 72 valence electrons. The molecule has 0 aliphatic heterocycles. The van der Waals surface area contributed by atoms with E-state index in [1.165, 1.54) is 6.20 Å². The summed E-state index contributed by atoms with van der Waals surface area (Å²) in [7, 11) is 0. The van der Waals surface area contributed by atoms with Gasteiger partial charge in [-0.2, -0.15) is 9.30 Å². The van der Waals surface area contributed by atoms with Crippen LogP contribution in [0, 0.1) is 0 Å². The van der Waals surface area contributed by atoms with Gasteiger partial charge >= 0.3 is 5.97 Å². The summed E-state index contributed by atoms with van der Waals surface area (Å²) in [5.41, 5.74) is 0.269. The van der Waals surface area contributed by atoms with Crippen LogP contribution in [0.4, 0.5) is 0 Å². The van der Waals surface area contributed by atoms with Crippen molar-refractivity contribution in [3.8, 4) is 0 Å². The van der Waals surface area contributed by atoms with Crippen LogP contribution in [0.5, 0.6) is 0 Å². The molecule has 2 aromatic heterocycles. The average Bonchev–Trinajstić information content (AvgIpc) is 2.49. The Morgan fingerprint density at radius 2 is 2.21 bits per heavy atom. The zero-order valence-electron chi connectivity index (χ0n) is 6.61. The van der Waals surface area contributed by atoms with Crippen molar-refractivity contribution in [1.29, 1.82) is 0 Å². The van der Waals surface area contributed by atoms with Crippen molar-refractivity contribution in [1.82, 2.24) is 14.3 Å². The van der Waals surface area contributed by atoms with Crippen molar-refractivity contribution in [2.75, 3.05) is 0 Å². The van der Waals surface area contributed by atoms with Crippen LogP contribution in [-0.2, 0) is 0 Å². The van der Waals surface area contributed by atoms with Crippen LogP contribution >= 0.6 is 23.4 Å². The molecule has 0 bridgehead atoms. The number of carboxylic acid groups (broad SMARTS) is 1. The Labute approximate surface area is 88.0 Å². The number of carbonyl (C=O) groups is 1. The topological polar surface area (TPSA) is 68.0 Å². The minimum atomic E-state index is -1.13. The Kier molecular flexibility index (Phi) is 2.05. The predicted octanol–water partition coefficient (Wildman–Crippen LogP) is 1.78. The molecule has 5 nitrogen and oxygen atoms in total. The highest BCUT2D eigenvalue weighted by Gasteiger charge is 2.15. The molecular formula is C7H3Cl2N3O2. The van der Waals surface area contributed by atoms with E-state index in [1.807, 2.05) is 0 Å². The molecule has 0 saturated carbocycles. The van der Waals surface area contributed by atoms with Crippen molar-refractivity contribution < 1.29 is 9.90 Å². The fourth-order valence-corrected chi connectivity index (χ4v) is 1.51. The van der Waals surface area contributed by atoms with Crippen molar-refractivity contribution in [2.24, 2.45) is 0 Å². The summed E-state index contributed by atoms with van der Waals surface area (Å²) in [6.07, 6.45) is 2.51. The molecule has 2 aromatic rings. The number of rotatable bonds is 1. The second-order valence-corrected chi connectivity index (χ2v) is 3.23. The molecule has 7 heteroatoms. The number of carboxylic acids is 1. The number of aromatic nitrogens is 3. The van der Waals surface area contributed by atoms with Crippen LogP contribution in [0.1, 0.15) is 10.4 Å². The number of halogens is 2. The fraction of sp³-hybridized carbons (Fsp3) is 0. The van der Waals surface area contributed by atoms with E-state index in [4.69, 9.17) is 28.5 Å². The SMILES string of the molecule is O=C(O)c1cnc2c(cnn2Cl)c1Cl. The zero-order valence-corrected chi connectivity index (χ0v) is 8.12. The van der Waals surface area contributed by atoms with Crippen molar-refractivity contribution in [2.45, 2.75) is 0 Å². The van der Waals surface area contributed by atoms with Crippen LogP contribution in [0.3, 0.4) is 0 Å². The monoisotopic (exact) mass is 231 g/mol. The van der Waals surface area contributed by atoms with E-state index in [0.717, 1.165) is 10.4 Å². The van der Waals surface area contributed by atoms with Crippen molar-refractivity contribution >= 4 is 40.4 Å². The highest BCUT2D eigenvalue weighted by Crippen LogP contribution is 2.25. The van der Waals surface area contributed by atoms with Crippen LogP contribution in [0.2, 0.25) is 5.02 Å². The molecule has 2 rings (SSSR count). The summed E-state index contributed by atoms with van der Waals surface area (Å²) < 4.78 is 1.01. The fourth-order valence-electron chi connectivity index (χ4n) is 1.07. The third-order valence-electron chi connectivity index (χ3n) is 1.72. The standard InChI is InChI=1S/C7H3Cl2N3O2/c8-5-3-2-11-12(9)6(3)10-1-4(5)7(13)14/h1-2H,(H,13,14). The molecule has 0 amide bonds. The molecule has 0 aliphatic carbocycles. The second-order valence-electron chi connectivity index (χ2n) is 2.53. The first-order valence-electron chi connectivity index (χ1n) is 3.53. The van der Waals surface area contributed by atoms with Gasteiger partial charge in [-0.15, -0.1) is 0 Å². The second kappa shape index (κ2) is 3.11.